The summed E-state index contributed by atoms with van der Waals surface area (Å²) in [6, 6.07) is 2.12. The first-order valence-corrected chi connectivity index (χ1v) is 6.62. The Balaban J connectivity index is 0.00000127. The average Bonchev–Trinajstić information content (AvgIpc) is 2.81. The first-order valence-electron chi connectivity index (χ1n) is 6.62. The minimum Gasteiger partial charge on any atom is -0.493 e. The van der Waals surface area contributed by atoms with Gasteiger partial charge < -0.3 is 14.7 Å². The maximum absolute atomic E-state index is 13.7. The highest BCUT2D eigenvalue weighted by molar-refractivity contribution is 5.40. The van der Waals surface area contributed by atoms with Crippen LogP contribution in [0.4, 0.5) is 22.0 Å². The van der Waals surface area contributed by atoms with Crippen molar-refractivity contribution in [3.63, 3.8) is 0 Å². The SMILES string of the molecule is COc1c(C2CO[C@@](C)(C(F)(F)F)C2C)ccc(F)c1F.NO. The molecule has 2 unspecified atom stereocenters. The molecule has 1 aromatic carbocycles. The van der Waals surface area contributed by atoms with Crippen molar-refractivity contribution in [2.45, 2.75) is 31.5 Å². The topological polar surface area (TPSA) is 64.7 Å². The zero-order valence-corrected chi connectivity index (χ0v) is 12.7. The third-order valence-corrected chi connectivity index (χ3v) is 4.28. The molecule has 1 heterocycles. The monoisotopic (exact) mass is 343 g/mol. The van der Waals surface area contributed by atoms with Gasteiger partial charge in [-0.2, -0.15) is 17.6 Å². The van der Waals surface area contributed by atoms with Crippen LogP contribution in [-0.4, -0.2) is 30.7 Å². The van der Waals surface area contributed by atoms with Gasteiger partial charge in [-0.05, 0) is 13.0 Å². The van der Waals surface area contributed by atoms with Crippen molar-refractivity contribution >= 4 is 0 Å². The van der Waals surface area contributed by atoms with Crippen molar-refractivity contribution in [1.82, 2.24) is 0 Å². The van der Waals surface area contributed by atoms with E-state index in [9.17, 15) is 22.0 Å². The fourth-order valence-electron chi connectivity index (χ4n) is 2.67. The molecule has 1 aliphatic heterocycles. The van der Waals surface area contributed by atoms with Crippen LogP contribution >= 0.6 is 0 Å². The summed E-state index contributed by atoms with van der Waals surface area (Å²) < 4.78 is 76.0. The Morgan fingerprint density at radius 3 is 2.30 bits per heavy atom. The Morgan fingerprint density at radius 2 is 1.87 bits per heavy atom. The van der Waals surface area contributed by atoms with E-state index in [1.165, 1.54) is 13.0 Å². The Kier molecular flexibility index (Phi) is 5.95. The summed E-state index contributed by atoms with van der Waals surface area (Å²) in [7, 11) is 1.14. The molecule has 1 fully saturated rings. The molecule has 9 heteroatoms. The highest BCUT2D eigenvalue weighted by Gasteiger charge is 2.61. The van der Waals surface area contributed by atoms with Gasteiger partial charge in [-0.3, -0.25) is 0 Å². The van der Waals surface area contributed by atoms with Crippen molar-refractivity contribution in [1.29, 1.82) is 0 Å². The highest BCUT2D eigenvalue weighted by atomic mass is 19.4. The largest absolute Gasteiger partial charge is 0.493 e. The molecule has 1 saturated heterocycles. The number of hydrogen-bond donors (Lipinski definition) is 2. The number of ether oxygens (including phenoxy) is 2. The number of rotatable bonds is 2. The van der Waals surface area contributed by atoms with Crippen LogP contribution in [-0.2, 0) is 4.74 Å². The van der Waals surface area contributed by atoms with Gasteiger partial charge in [0.05, 0.1) is 13.7 Å². The van der Waals surface area contributed by atoms with Crippen molar-refractivity contribution in [3.8, 4) is 5.75 Å². The van der Waals surface area contributed by atoms with Gasteiger partial charge in [0.1, 0.15) is 0 Å². The van der Waals surface area contributed by atoms with Gasteiger partial charge in [0.2, 0.25) is 5.82 Å². The number of alkyl halides is 3. The van der Waals surface area contributed by atoms with Crippen LogP contribution in [0.1, 0.15) is 25.3 Å². The molecule has 132 valence electrons. The second-order valence-electron chi connectivity index (χ2n) is 5.29. The van der Waals surface area contributed by atoms with E-state index >= 15 is 0 Å². The van der Waals surface area contributed by atoms with Crippen LogP contribution in [0.25, 0.3) is 0 Å². The molecule has 0 bridgehead atoms. The van der Waals surface area contributed by atoms with Gasteiger partial charge in [0.25, 0.3) is 0 Å². The van der Waals surface area contributed by atoms with Crippen LogP contribution in [0, 0.1) is 17.6 Å². The Labute approximate surface area is 129 Å². The molecule has 0 aliphatic carbocycles. The molecule has 3 atom stereocenters. The maximum atomic E-state index is 13.7. The molecular weight excluding hydrogens is 325 g/mol. The maximum Gasteiger partial charge on any atom is 0.417 e. The van der Waals surface area contributed by atoms with E-state index < -0.39 is 35.2 Å². The lowest BCUT2D eigenvalue weighted by Gasteiger charge is -2.32. The zero-order chi connectivity index (χ0) is 18.0. The number of methoxy groups -OCH3 is 1. The van der Waals surface area contributed by atoms with Crippen molar-refractivity contribution < 1.29 is 36.6 Å². The molecule has 0 radical (unpaired) electrons. The van der Waals surface area contributed by atoms with E-state index in [4.69, 9.17) is 14.7 Å². The average molecular weight is 343 g/mol. The number of halogens is 5. The summed E-state index contributed by atoms with van der Waals surface area (Å²) >= 11 is 0. The lowest BCUT2D eigenvalue weighted by molar-refractivity contribution is -0.266. The second kappa shape index (κ2) is 6.98. The van der Waals surface area contributed by atoms with Gasteiger partial charge in [-0.15, -0.1) is 0 Å². The summed E-state index contributed by atoms with van der Waals surface area (Å²) in [5.41, 5.74) is -2.15. The Bertz CT molecular complexity index is 552. The molecule has 2 rings (SSSR count). The Hall–Kier alpha value is -1.45. The molecular formula is C14H18F5NO3. The van der Waals surface area contributed by atoms with E-state index in [1.807, 2.05) is 0 Å². The molecule has 0 saturated carbocycles. The summed E-state index contributed by atoms with van der Waals surface area (Å²) in [5.74, 6) is -0.886. The van der Waals surface area contributed by atoms with Gasteiger partial charge >= 0.3 is 6.18 Å². The quantitative estimate of drug-likeness (QED) is 0.638. The normalized spacial score (nSPS) is 27.4. The minimum atomic E-state index is -4.55. The van der Waals surface area contributed by atoms with E-state index in [1.54, 1.807) is 0 Å². The van der Waals surface area contributed by atoms with Gasteiger partial charge in [0.15, 0.2) is 17.2 Å². The van der Waals surface area contributed by atoms with E-state index in [-0.39, 0.29) is 17.9 Å². The standard InChI is InChI=1S/C14H15F5O2.H3NO/c1-7-9(6-21-13(7,2)14(17,18)19)8-4-5-10(15)11(16)12(8)20-3;1-2/h4-5,7,9H,6H2,1-3H3;2H,1H2/t7?,9?,13-;/m1./s1. The van der Waals surface area contributed by atoms with Gasteiger partial charge in [-0.1, -0.05) is 13.0 Å². The van der Waals surface area contributed by atoms with Crippen LogP contribution in [0.3, 0.4) is 0 Å². The van der Waals surface area contributed by atoms with Crippen LogP contribution in [0.5, 0.6) is 5.75 Å². The molecule has 3 N–H and O–H groups in total. The van der Waals surface area contributed by atoms with E-state index in [0.29, 0.717) is 0 Å². The molecule has 0 spiro atoms. The van der Waals surface area contributed by atoms with E-state index in [0.717, 1.165) is 20.1 Å². The summed E-state index contributed by atoms with van der Waals surface area (Å²) in [5, 5.41) is 6.50. The lowest BCUT2D eigenvalue weighted by atomic mass is 9.79. The first-order chi connectivity index (χ1) is 10.6. The van der Waals surface area contributed by atoms with Crippen LogP contribution in [0.15, 0.2) is 12.1 Å². The van der Waals surface area contributed by atoms with Crippen molar-refractivity contribution in [2.75, 3.05) is 13.7 Å². The van der Waals surface area contributed by atoms with E-state index in [2.05, 4.69) is 5.90 Å². The summed E-state index contributed by atoms with van der Waals surface area (Å²) in [6.07, 6.45) is -4.55. The van der Waals surface area contributed by atoms with Crippen LogP contribution in [0.2, 0.25) is 0 Å². The molecule has 0 aromatic heterocycles. The van der Waals surface area contributed by atoms with Crippen molar-refractivity contribution in [2.24, 2.45) is 11.8 Å². The third-order valence-electron chi connectivity index (χ3n) is 4.28. The predicted molar refractivity (Wildman–Crippen MR) is 71.2 cm³/mol. The molecule has 4 nitrogen and oxygen atoms in total. The summed E-state index contributed by atoms with van der Waals surface area (Å²) in [4.78, 5) is 0. The highest BCUT2D eigenvalue weighted by Crippen LogP contribution is 2.51. The molecule has 23 heavy (non-hydrogen) atoms. The first kappa shape index (κ1) is 19.6. The fraction of sp³-hybridized carbons (Fsp3) is 0.571. The van der Waals surface area contributed by atoms with Gasteiger partial charge in [-0.25, -0.2) is 10.3 Å². The predicted octanol–water partition coefficient (Wildman–Crippen LogP) is 3.38. The zero-order valence-electron chi connectivity index (χ0n) is 12.7. The number of benzene rings is 1. The Morgan fingerprint density at radius 1 is 1.30 bits per heavy atom. The van der Waals surface area contributed by atoms with Crippen LogP contribution < -0.4 is 10.6 Å². The molecule has 0 amide bonds. The summed E-state index contributed by atoms with van der Waals surface area (Å²) in [6.45, 7) is 2.11. The third kappa shape index (κ3) is 3.26. The van der Waals surface area contributed by atoms with Gasteiger partial charge in [0, 0.05) is 17.4 Å². The minimum absolute atomic E-state index is 0.178. The van der Waals surface area contributed by atoms with Crippen molar-refractivity contribution in [3.05, 3.63) is 29.3 Å². The molecule has 1 aliphatic rings. The fourth-order valence-corrected chi connectivity index (χ4v) is 2.67. The number of nitrogens with two attached hydrogens (primary N) is 1. The lowest BCUT2D eigenvalue weighted by Crippen LogP contribution is -2.46. The smallest absolute Gasteiger partial charge is 0.417 e. The second-order valence-corrected chi connectivity index (χ2v) is 5.29. The molecule has 1 aromatic rings. The number of hydrogen-bond acceptors (Lipinski definition) is 4.